The average Bonchev–Trinajstić information content (AvgIpc) is 3.21. The SMILES string of the molecule is COc1ccc(C2CC(CNS(=O)(=O)c3c(F)cccc3F)=NN2c2ccc(Cl)cc2Cl)cc1. The number of rotatable bonds is 7. The zero-order valence-corrected chi connectivity index (χ0v) is 20.1. The van der Waals surface area contributed by atoms with E-state index in [9.17, 15) is 17.2 Å². The summed E-state index contributed by atoms with van der Waals surface area (Å²) < 4.78 is 60.7. The van der Waals surface area contributed by atoms with Gasteiger partial charge in [0.1, 0.15) is 17.4 Å². The van der Waals surface area contributed by atoms with Crippen molar-refractivity contribution < 1.29 is 21.9 Å². The van der Waals surface area contributed by atoms with Gasteiger partial charge in [0.2, 0.25) is 10.0 Å². The van der Waals surface area contributed by atoms with Gasteiger partial charge in [0.15, 0.2) is 4.90 Å². The summed E-state index contributed by atoms with van der Waals surface area (Å²) in [5.74, 6) is -1.67. The van der Waals surface area contributed by atoms with E-state index in [0.29, 0.717) is 33.6 Å². The minimum absolute atomic E-state index is 0.246. The molecule has 34 heavy (non-hydrogen) atoms. The van der Waals surface area contributed by atoms with Crippen LogP contribution in [0.25, 0.3) is 0 Å². The molecule has 178 valence electrons. The minimum Gasteiger partial charge on any atom is -0.497 e. The molecule has 1 heterocycles. The quantitative estimate of drug-likeness (QED) is 0.438. The number of methoxy groups -OCH3 is 1. The van der Waals surface area contributed by atoms with E-state index in [0.717, 1.165) is 23.8 Å². The number of hydrogen-bond donors (Lipinski definition) is 1. The van der Waals surface area contributed by atoms with Crippen LogP contribution in [0, 0.1) is 11.6 Å². The summed E-state index contributed by atoms with van der Waals surface area (Å²) >= 11 is 12.4. The van der Waals surface area contributed by atoms with E-state index in [2.05, 4.69) is 9.82 Å². The number of hydrogen-bond acceptors (Lipinski definition) is 5. The topological polar surface area (TPSA) is 71.0 Å². The van der Waals surface area contributed by atoms with Crippen LogP contribution in [0.4, 0.5) is 14.5 Å². The van der Waals surface area contributed by atoms with Gasteiger partial charge in [-0.3, -0.25) is 5.01 Å². The van der Waals surface area contributed by atoms with E-state index < -0.39 is 26.6 Å². The Kier molecular flexibility index (Phi) is 7.09. The van der Waals surface area contributed by atoms with Crippen LogP contribution in [0.3, 0.4) is 0 Å². The summed E-state index contributed by atoms with van der Waals surface area (Å²) in [5.41, 5.74) is 1.91. The van der Waals surface area contributed by atoms with Crippen molar-refractivity contribution in [2.24, 2.45) is 5.10 Å². The first-order valence-corrected chi connectivity index (χ1v) is 12.3. The Balaban J connectivity index is 1.63. The third-order valence-electron chi connectivity index (χ3n) is 5.28. The molecule has 1 aliphatic heterocycles. The van der Waals surface area contributed by atoms with Crippen molar-refractivity contribution in [1.29, 1.82) is 0 Å². The molecular weight excluding hydrogens is 507 g/mol. The Bertz CT molecular complexity index is 1330. The number of nitrogens with one attached hydrogen (secondary N) is 1. The molecular formula is C23H19Cl2F2N3O3S. The average molecular weight is 526 g/mol. The Labute approximate surface area is 205 Å². The molecule has 0 radical (unpaired) electrons. The van der Waals surface area contributed by atoms with E-state index >= 15 is 0 Å². The predicted molar refractivity (Wildman–Crippen MR) is 128 cm³/mol. The molecule has 11 heteroatoms. The van der Waals surface area contributed by atoms with Gasteiger partial charge in [-0.05, 0) is 48.0 Å². The summed E-state index contributed by atoms with van der Waals surface area (Å²) in [6.07, 6.45) is 0.341. The highest BCUT2D eigenvalue weighted by atomic mass is 35.5. The van der Waals surface area contributed by atoms with Gasteiger partial charge in [0.25, 0.3) is 0 Å². The van der Waals surface area contributed by atoms with E-state index in [1.54, 1.807) is 42.5 Å². The van der Waals surface area contributed by atoms with Crippen LogP contribution in [-0.2, 0) is 10.0 Å². The largest absolute Gasteiger partial charge is 0.497 e. The predicted octanol–water partition coefficient (Wildman–Crippen LogP) is 5.57. The highest BCUT2D eigenvalue weighted by Crippen LogP contribution is 2.40. The third-order valence-corrected chi connectivity index (χ3v) is 7.27. The van der Waals surface area contributed by atoms with Gasteiger partial charge < -0.3 is 4.74 Å². The first kappa shape index (κ1) is 24.4. The number of benzene rings is 3. The molecule has 1 N–H and O–H groups in total. The maximum Gasteiger partial charge on any atom is 0.246 e. The molecule has 6 nitrogen and oxygen atoms in total. The monoisotopic (exact) mass is 525 g/mol. The lowest BCUT2D eigenvalue weighted by Gasteiger charge is -2.25. The van der Waals surface area contributed by atoms with Crippen LogP contribution in [0.5, 0.6) is 5.75 Å². The molecule has 0 spiro atoms. The van der Waals surface area contributed by atoms with Gasteiger partial charge in [-0.25, -0.2) is 21.9 Å². The van der Waals surface area contributed by atoms with Crippen molar-refractivity contribution in [3.8, 4) is 5.75 Å². The lowest BCUT2D eigenvalue weighted by atomic mass is 10.0. The fourth-order valence-electron chi connectivity index (χ4n) is 3.64. The second-order valence-electron chi connectivity index (χ2n) is 7.47. The molecule has 0 fully saturated rings. The van der Waals surface area contributed by atoms with Crippen molar-refractivity contribution in [2.45, 2.75) is 17.4 Å². The smallest absolute Gasteiger partial charge is 0.246 e. The molecule has 0 aliphatic carbocycles. The van der Waals surface area contributed by atoms with Gasteiger partial charge >= 0.3 is 0 Å². The lowest BCUT2D eigenvalue weighted by Crippen LogP contribution is -2.30. The van der Waals surface area contributed by atoms with Crippen molar-refractivity contribution in [2.75, 3.05) is 18.7 Å². The molecule has 4 rings (SSSR count). The molecule has 0 bridgehead atoms. The van der Waals surface area contributed by atoms with Gasteiger partial charge in [-0.1, -0.05) is 41.4 Å². The van der Waals surface area contributed by atoms with E-state index in [1.165, 1.54) is 0 Å². The third kappa shape index (κ3) is 5.02. The lowest BCUT2D eigenvalue weighted by molar-refractivity contribution is 0.414. The standard InChI is InChI=1S/C23H19Cl2F2N3O3S/c1-33-17-8-5-14(6-9-17)22-12-16(29-30(22)21-10-7-15(24)11-18(21)25)13-28-34(31,32)23-19(26)3-2-4-20(23)27/h2-11,22,28H,12-13H2,1H3. The van der Waals surface area contributed by atoms with Gasteiger partial charge in [-0.15, -0.1) is 0 Å². The summed E-state index contributed by atoms with van der Waals surface area (Å²) in [4.78, 5) is -1.03. The summed E-state index contributed by atoms with van der Waals surface area (Å²) in [7, 11) is -2.89. The molecule has 0 aromatic heterocycles. The molecule has 3 aromatic rings. The van der Waals surface area contributed by atoms with E-state index in [1.807, 2.05) is 12.1 Å². The molecule has 0 saturated carbocycles. The first-order chi connectivity index (χ1) is 16.2. The van der Waals surface area contributed by atoms with E-state index in [-0.39, 0.29) is 12.6 Å². The minimum atomic E-state index is -4.46. The van der Waals surface area contributed by atoms with Crippen molar-refractivity contribution in [1.82, 2.24) is 4.72 Å². The van der Waals surface area contributed by atoms with Crippen molar-refractivity contribution >= 4 is 44.6 Å². The number of hydrazone groups is 1. The number of ether oxygens (including phenoxy) is 1. The van der Waals surface area contributed by atoms with E-state index in [4.69, 9.17) is 27.9 Å². The zero-order valence-electron chi connectivity index (χ0n) is 17.8. The summed E-state index contributed by atoms with van der Waals surface area (Å²) in [6.45, 7) is -0.246. The normalized spacial score (nSPS) is 16.0. The van der Waals surface area contributed by atoms with Crippen molar-refractivity contribution in [3.05, 3.63) is 87.9 Å². The molecule has 1 unspecified atom stereocenters. The van der Waals surface area contributed by atoms with Crippen LogP contribution in [0.15, 0.2) is 70.7 Å². The highest BCUT2D eigenvalue weighted by molar-refractivity contribution is 7.89. The molecule has 0 saturated heterocycles. The van der Waals surface area contributed by atoms with Crippen molar-refractivity contribution in [3.63, 3.8) is 0 Å². The second kappa shape index (κ2) is 9.87. The Morgan fingerprint density at radius 1 is 1.09 bits per heavy atom. The van der Waals surface area contributed by atoms with Gasteiger partial charge in [-0.2, -0.15) is 5.10 Å². The second-order valence-corrected chi connectivity index (χ2v) is 10.0. The number of halogens is 4. The number of sulfonamides is 1. The maximum absolute atomic E-state index is 14.0. The fraction of sp³-hybridized carbons (Fsp3) is 0.174. The van der Waals surface area contributed by atoms with Crippen LogP contribution in [0.1, 0.15) is 18.0 Å². The van der Waals surface area contributed by atoms with Gasteiger partial charge in [0, 0.05) is 11.4 Å². The van der Waals surface area contributed by atoms with Crippen LogP contribution in [-0.4, -0.2) is 27.8 Å². The fourth-order valence-corrected chi connectivity index (χ4v) is 5.29. The van der Waals surface area contributed by atoms with Crippen LogP contribution < -0.4 is 14.5 Å². The van der Waals surface area contributed by atoms with Crippen LogP contribution in [0.2, 0.25) is 10.0 Å². The van der Waals surface area contributed by atoms with Gasteiger partial charge in [0.05, 0.1) is 36.1 Å². The number of anilines is 1. The number of nitrogens with zero attached hydrogens (tertiary/aromatic N) is 2. The summed E-state index contributed by atoms with van der Waals surface area (Å²) in [6, 6.07) is 14.9. The molecule has 0 amide bonds. The first-order valence-electron chi connectivity index (χ1n) is 10.1. The highest BCUT2D eigenvalue weighted by Gasteiger charge is 2.32. The zero-order chi connectivity index (χ0) is 24.5. The summed E-state index contributed by atoms with van der Waals surface area (Å²) in [5, 5.41) is 7.06. The molecule has 3 aromatic carbocycles. The van der Waals surface area contributed by atoms with Crippen LogP contribution >= 0.6 is 23.2 Å². The Morgan fingerprint density at radius 2 is 1.76 bits per heavy atom. The Morgan fingerprint density at radius 3 is 2.38 bits per heavy atom. The molecule has 1 aliphatic rings. The maximum atomic E-state index is 14.0. The Hall–Kier alpha value is -2.72. The molecule has 1 atom stereocenters.